The Kier molecular flexibility index (Phi) is 4.57. The Labute approximate surface area is 160 Å². The van der Waals surface area contributed by atoms with Crippen molar-refractivity contribution in [2.75, 3.05) is 6.54 Å². The van der Waals surface area contributed by atoms with Crippen molar-refractivity contribution in [1.82, 2.24) is 24.8 Å². The predicted octanol–water partition coefficient (Wildman–Crippen LogP) is 2.88. The van der Waals surface area contributed by atoms with Crippen LogP contribution in [-0.2, 0) is 0 Å². The zero-order valence-corrected chi connectivity index (χ0v) is 15.9. The molecule has 4 heterocycles. The van der Waals surface area contributed by atoms with E-state index in [2.05, 4.69) is 19.9 Å². The highest BCUT2D eigenvalue weighted by Crippen LogP contribution is 2.33. The molecule has 7 nitrogen and oxygen atoms in total. The van der Waals surface area contributed by atoms with Crippen molar-refractivity contribution >= 4 is 17.2 Å². The van der Waals surface area contributed by atoms with E-state index in [-0.39, 0.29) is 17.5 Å². The van der Waals surface area contributed by atoms with E-state index in [9.17, 15) is 9.59 Å². The van der Waals surface area contributed by atoms with Crippen LogP contribution in [0.25, 0.3) is 11.4 Å². The Morgan fingerprint density at radius 3 is 2.81 bits per heavy atom. The quantitative estimate of drug-likeness (QED) is 0.753. The van der Waals surface area contributed by atoms with Gasteiger partial charge in [0.15, 0.2) is 0 Å². The number of thiazole rings is 1. The Morgan fingerprint density at radius 2 is 2.11 bits per heavy atom. The van der Waals surface area contributed by atoms with Crippen LogP contribution in [0.15, 0.2) is 35.3 Å². The molecule has 0 saturated carbocycles. The summed E-state index contributed by atoms with van der Waals surface area (Å²) in [6.45, 7) is 4.38. The van der Waals surface area contributed by atoms with E-state index in [4.69, 9.17) is 0 Å². The first-order valence-electron chi connectivity index (χ1n) is 8.80. The molecule has 0 aliphatic carbocycles. The zero-order chi connectivity index (χ0) is 19.0. The second-order valence-electron chi connectivity index (χ2n) is 6.53. The first-order valence-corrected chi connectivity index (χ1v) is 9.62. The molecule has 3 aromatic heterocycles. The van der Waals surface area contributed by atoms with Crippen LogP contribution in [0.3, 0.4) is 0 Å². The Hall–Kier alpha value is -2.87. The Bertz CT molecular complexity index is 1040. The molecule has 0 aromatic carbocycles. The monoisotopic (exact) mass is 381 g/mol. The first-order chi connectivity index (χ1) is 13.0. The molecule has 138 valence electrons. The van der Waals surface area contributed by atoms with Gasteiger partial charge in [0, 0.05) is 18.8 Å². The average molecular weight is 381 g/mol. The van der Waals surface area contributed by atoms with Crippen LogP contribution >= 0.6 is 11.3 Å². The number of aromatic nitrogens is 4. The van der Waals surface area contributed by atoms with Crippen molar-refractivity contribution in [1.29, 1.82) is 0 Å². The van der Waals surface area contributed by atoms with Crippen LogP contribution < -0.4 is 5.56 Å². The summed E-state index contributed by atoms with van der Waals surface area (Å²) in [5, 5.41) is 0.871. The molecule has 27 heavy (non-hydrogen) atoms. The van der Waals surface area contributed by atoms with Crippen molar-refractivity contribution < 1.29 is 4.79 Å². The van der Waals surface area contributed by atoms with Crippen LogP contribution in [0.1, 0.15) is 45.1 Å². The molecule has 0 radical (unpaired) electrons. The molecule has 0 bridgehead atoms. The number of hydrogen-bond donors (Lipinski definition) is 1. The van der Waals surface area contributed by atoms with Crippen LogP contribution in [-0.4, -0.2) is 37.3 Å². The van der Waals surface area contributed by atoms with Crippen LogP contribution in [0.4, 0.5) is 0 Å². The topological polar surface area (TPSA) is 91.8 Å². The largest absolute Gasteiger partial charge is 0.328 e. The number of hydrogen-bond acceptors (Lipinski definition) is 6. The van der Waals surface area contributed by atoms with Gasteiger partial charge in [-0.1, -0.05) is 6.07 Å². The number of carbonyl (C=O) groups is 1. The zero-order valence-electron chi connectivity index (χ0n) is 15.1. The van der Waals surface area contributed by atoms with Crippen molar-refractivity contribution in [3.8, 4) is 11.4 Å². The summed E-state index contributed by atoms with van der Waals surface area (Å²) in [7, 11) is 0. The molecule has 0 spiro atoms. The van der Waals surface area contributed by atoms with Crippen molar-refractivity contribution in [2.24, 2.45) is 0 Å². The fourth-order valence-corrected chi connectivity index (χ4v) is 4.31. The van der Waals surface area contributed by atoms with Gasteiger partial charge in [0.25, 0.3) is 11.5 Å². The maximum atomic E-state index is 13.1. The Balaban J connectivity index is 1.70. The number of nitrogens with one attached hydrogen (secondary N) is 1. The lowest BCUT2D eigenvalue weighted by atomic mass is 10.2. The van der Waals surface area contributed by atoms with E-state index in [0.29, 0.717) is 28.6 Å². The summed E-state index contributed by atoms with van der Waals surface area (Å²) >= 11 is 1.41. The Morgan fingerprint density at radius 1 is 1.26 bits per heavy atom. The van der Waals surface area contributed by atoms with Gasteiger partial charge < -0.3 is 9.88 Å². The number of pyridine rings is 1. The van der Waals surface area contributed by atoms with Crippen LogP contribution in [0.2, 0.25) is 0 Å². The van der Waals surface area contributed by atoms with Gasteiger partial charge in [0.1, 0.15) is 10.7 Å². The number of H-pyrrole nitrogens is 1. The molecule has 1 aliphatic heterocycles. The molecule has 1 aliphatic rings. The van der Waals surface area contributed by atoms with Gasteiger partial charge >= 0.3 is 0 Å². The lowest BCUT2D eigenvalue weighted by Gasteiger charge is -2.23. The smallest absolute Gasteiger partial charge is 0.266 e. The van der Waals surface area contributed by atoms with Crippen molar-refractivity contribution in [3.63, 3.8) is 0 Å². The van der Waals surface area contributed by atoms with Gasteiger partial charge in [-0.2, -0.15) is 0 Å². The number of rotatable bonds is 3. The van der Waals surface area contributed by atoms with Crippen LogP contribution in [0.5, 0.6) is 0 Å². The second-order valence-corrected chi connectivity index (χ2v) is 7.74. The highest BCUT2D eigenvalue weighted by atomic mass is 32.1. The molecule has 1 N–H and O–H groups in total. The van der Waals surface area contributed by atoms with E-state index >= 15 is 0 Å². The number of amides is 1. The van der Waals surface area contributed by atoms with Gasteiger partial charge in [0.05, 0.1) is 28.1 Å². The average Bonchev–Trinajstić information content (AvgIpc) is 3.28. The molecule has 1 saturated heterocycles. The van der Waals surface area contributed by atoms with Crippen LogP contribution in [0, 0.1) is 13.8 Å². The van der Waals surface area contributed by atoms with Gasteiger partial charge in [-0.25, -0.2) is 9.97 Å². The summed E-state index contributed by atoms with van der Waals surface area (Å²) < 4.78 is 0. The van der Waals surface area contributed by atoms with E-state index in [0.717, 1.165) is 23.5 Å². The fraction of sp³-hybridized carbons (Fsp3) is 0.316. The molecule has 3 aromatic rings. The maximum Gasteiger partial charge on any atom is 0.266 e. The van der Waals surface area contributed by atoms with Gasteiger partial charge in [-0.15, -0.1) is 11.3 Å². The molecule has 1 atom stereocenters. The third kappa shape index (κ3) is 3.40. The third-order valence-electron chi connectivity index (χ3n) is 4.61. The molecular formula is C19H19N5O2S. The van der Waals surface area contributed by atoms with E-state index in [1.165, 1.54) is 17.4 Å². The minimum atomic E-state index is -0.254. The first kappa shape index (κ1) is 17.5. The third-order valence-corrected chi connectivity index (χ3v) is 5.68. The lowest BCUT2D eigenvalue weighted by Crippen LogP contribution is -2.32. The molecule has 0 unspecified atom stereocenters. The van der Waals surface area contributed by atoms with Gasteiger partial charge in [-0.05, 0) is 38.8 Å². The van der Waals surface area contributed by atoms with Crippen molar-refractivity contribution in [2.45, 2.75) is 32.7 Å². The highest BCUT2D eigenvalue weighted by molar-refractivity contribution is 7.13. The van der Waals surface area contributed by atoms with Gasteiger partial charge in [-0.3, -0.25) is 14.6 Å². The number of carbonyl (C=O) groups excluding carboxylic acids is 1. The summed E-state index contributed by atoms with van der Waals surface area (Å²) in [5.74, 6) is 0.458. The van der Waals surface area contributed by atoms with E-state index in [1.807, 2.05) is 32.0 Å². The summed E-state index contributed by atoms with van der Waals surface area (Å²) in [6, 6.07) is 6.66. The van der Waals surface area contributed by atoms with Crippen molar-refractivity contribution in [3.05, 3.63) is 62.2 Å². The highest BCUT2D eigenvalue weighted by Gasteiger charge is 2.34. The molecule has 8 heteroatoms. The number of nitrogens with zero attached hydrogens (tertiary/aromatic N) is 4. The van der Waals surface area contributed by atoms with E-state index in [1.54, 1.807) is 11.1 Å². The predicted molar refractivity (Wildman–Crippen MR) is 103 cm³/mol. The molecular weight excluding hydrogens is 362 g/mol. The van der Waals surface area contributed by atoms with Gasteiger partial charge in [0.2, 0.25) is 0 Å². The summed E-state index contributed by atoms with van der Waals surface area (Å²) in [5.41, 5.74) is 1.65. The fourth-order valence-electron chi connectivity index (χ4n) is 3.43. The lowest BCUT2D eigenvalue weighted by molar-refractivity contribution is 0.0733. The second kappa shape index (κ2) is 7.03. The molecule has 4 rings (SSSR count). The molecule has 1 fully saturated rings. The standard InChI is InChI=1S/C19H19N5O2S/c1-11-17(27-12(2)21-11)19(26)24-9-5-7-15(24)18-22-14(10-16(25)23-18)13-6-3-4-8-20-13/h3-4,6,8,10,15H,5,7,9H2,1-2H3,(H,22,23,25)/t15-/m1/s1. The number of aromatic amines is 1. The number of likely N-dealkylation sites (tertiary alicyclic amines) is 1. The normalized spacial score (nSPS) is 16.7. The number of aryl methyl sites for hydroxylation is 2. The summed E-state index contributed by atoms with van der Waals surface area (Å²) in [6.07, 6.45) is 3.29. The minimum Gasteiger partial charge on any atom is -0.328 e. The maximum absolute atomic E-state index is 13.1. The minimum absolute atomic E-state index is 0.0495. The summed E-state index contributed by atoms with van der Waals surface area (Å²) in [4.78, 5) is 43.8. The SMILES string of the molecule is Cc1nc(C)c(C(=O)N2CCC[C@@H]2c2nc(-c3ccccn3)cc(=O)[nH]2)s1. The molecule has 1 amide bonds. The van der Waals surface area contributed by atoms with E-state index < -0.39 is 0 Å².